The first kappa shape index (κ1) is 15.0. The molecule has 0 atom stereocenters. The number of aliphatic hydroxyl groups is 1. The van der Waals surface area contributed by atoms with Crippen LogP contribution >= 0.6 is 0 Å². The minimum atomic E-state index is -3.72. The number of sulfonamides is 1. The number of carbonyl (C=O) groups is 1. The van der Waals surface area contributed by atoms with Gasteiger partial charge in [0.1, 0.15) is 0 Å². The van der Waals surface area contributed by atoms with Gasteiger partial charge < -0.3 is 10.2 Å². The molecule has 0 aromatic heterocycles. The summed E-state index contributed by atoms with van der Waals surface area (Å²) in [6.45, 7) is 0.309. The number of nitrogens with one attached hydrogen (secondary N) is 1. The van der Waals surface area contributed by atoms with E-state index in [0.29, 0.717) is 6.42 Å². The Morgan fingerprint density at radius 2 is 2.05 bits per heavy atom. The van der Waals surface area contributed by atoms with Crippen molar-refractivity contribution >= 4 is 16.0 Å². The molecule has 1 aromatic rings. The number of hydrogen-bond acceptors (Lipinski definition) is 4. The minimum absolute atomic E-state index is 0.0379. The van der Waals surface area contributed by atoms with Gasteiger partial charge in [-0.2, -0.15) is 0 Å². The van der Waals surface area contributed by atoms with Gasteiger partial charge in [0, 0.05) is 13.2 Å². The van der Waals surface area contributed by atoms with Gasteiger partial charge in [0.2, 0.25) is 10.0 Å². The van der Waals surface area contributed by atoms with E-state index in [9.17, 15) is 13.2 Å². The first-order valence-electron chi connectivity index (χ1n) is 6.32. The molecule has 0 bridgehead atoms. The molecule has 2 rings (SSSR count). The predicted molar refractivity (Wildman–Crippen MR) is 72.0 cm³/mol. The van der Waals surface area contributed by atoms with Gasteiger partial charge in [-0.05, 0) is 42.9 Å². The summed E-state index contributed by atoms with van der Waals surface area (Å²) in [6.07, 6.45) is 2.36. The van der Waals surface area contributed by atoms with Crippen LogP contribution in [0.15, 0.2) is 29.2 Å². The van der Waals surface area contributed by atoms with E-state index in [1.165, 1.54) is 18.2 Å². The lowest BCUT2D eigenvalue weighted by molar-refractivity contribution is 0.0696. The Kier molecular flexibility index (Phi) is 4.12. The highest BCUT2D eigenvalue weighted by Crippen LogP contribution is 2.48. The van der Waals surface area contributed by atoms with E-state index in [-0.39, 0.29) is 29.0 Å². The Morgan fingerprint density at radius 3 is 2.60 bits per heavy atom. The van der Waals surface area contributed by atoms with Crippen molar-refractivity contribution in [1.82, 2.24) is 4.72 Å². The van der Waals surface area contributed by atoms with E-state index >= 15 is 0 Å². The molecular formula is C13H17NO5S. The Balaban J connectivity index is 2.10. The van der Waals surface area contributed by atoms with Crippen LogP contribution in [0.1, 0.15) is 29.6 Å². The summed E-state index contributed by atoms with van der Waals surface area (Å²) in [7, 11) is -3.72. The van der Waals surface area contributed by atoms with E-state index in [1.807, 2.05) is 0 Å². The van der Waals surface area contributed by atoms with E-state index in [1.54, 1.807) is 0 Å². The lowest BCUT2D eigenvalue weighted by atomic mass is 10.0. The van der Waals surface area contributed by atoms with Gasteiger partial charge in [0.25, 0.3) is 0 Å². The molecular weight excluding hydrogens is 282 g/mol. The molecule has 0 unspecified atom stereocenters. The number of carboxylic acids is 1. The standard InChI is InChI=1S/C13H17NO5S/c15-7-6-13(4-5-13)9-14-20(18,19)11-3-1-2-10(8-11)12(16)17/h1-3,8,14-15H,4-7,9H2,(H,16,17). The Labute approximate surface area is 117 Å². The molecule has 6 nitrogen and oxygen atoms in total. The van der Waals surface area contributed by atoms with Gasteiger partial charge in [-0.15, -0.1) is 0 Å². The van der Waals surface area contributed by atoms with Crippen molar-refractivity contribution in [2.24, 2.45) is 5.41 Å². The quantitative estimate of drug-likeness (QED) is 0.691. The monoisotopic (exact) mass is 299 g/mol. The van der Waals surface area contributed by atoms with Gasteiger partial charge in [-0.1, -0.05) is 6.07 Å². The molecule has 0 heterocycles. The maximum atomic E-state index is 12.1. The number of aromatic carboxylic acids is 1. The van der Waals surface area contributed by atoms with Crippen LogP contribution in [0.5, 0.6) is 0 Å². The van der Waals surface area contributed by atoms with Gasteiger partial charge in [0.15, 0.2) is 0 Å². The van der Waals surface area contributed by atoms with Crippen LogP contribution in [0, 0.1) is 5.41 Å². The fraction of sp³-hybridized carbons (Fsp3) is 0.462. The minimum Gasteiger partial charge on any atom is -0.478 e. The fourth-order valence-corrected chi connectivity index (χ4v) is 3.26. The second-order valence-electron chi connectivity index (χ2n) is 5.13. The SMILES string of the molecule is O=C(O)c1cccc(S(=O)(=O)NCC2(CCO)CC2)c1. The molecule has 1 aliphatic carbocycles. The summed E-state index contributed by atoms with van der Waals surface area (Å²) >= 11 is 0. The van der Waals surface area contributed by atoms with Crippen LogP contribution in [0.25, 0.3) is 0 Å². The van der Waals surface area contributed by atoms with Crippen LogP contribution in [-0.4, -0.2) is 37.8 Å². The maximum absolute atomic E-state index is 12.1. The third-order valence-electron chi connectivity index (χ3n) is 3.63. The molecule has 20 heavy (non-hydrogen) atoms. The lowest BCUT2D eigenvalue weighted by Gasteiger charge is -2.14. The molecule has 110 valence electrons. The molecule has 1 saturated carbocycles. The summed E-state index contributed by atoms with van der Waals surface area (Å²) in [5.74, 6) is -1.17. The molecule has 1 fully saturated rings. The molecule has 0 spiro atoms. The van der Waals surface area contributed by atoms with Crippen molar-refractivity contribution in [3.63, 3.8) is 0 Å². The Morgan fingerprint density at radius 1 is 1.35 bits per heavy atom. The summed E-state index contributed by atoms with van der Waals surface area (Å²) in [5.41, 5.74) is -0.198. The van der Waals surface area contributed by atoms with Crippen LogP contribution in [0.4, 0.5) is 0 Å². The van der Waals surface area contributed by atoms with Crippen LogP contribution < -0.4 is 4.72 Å². The predicted octanol–water partition coefficient (Wildman–Crippen LogP) is 0.826. The molecule has 7 heteroatoms. The van der Waals surface area contributed by atoms with E-state index < -0.39 is 16.0 Å². The Hall–Kier alpha value is -1.44. The fourth-order valence-electron chi connectivity index (χ4n) is 2.06. The summed E-state index contributed by atoms with van der Waals surface area (Å²) in [5, 5.41) is 17.8. The average Bonchev–Trinajstić information content (AvgIpc) is 3.18. The van der Waals surface area contributed by atoms with Crippen molar-refractivity contribution in [2.75, 3.05) is 13.2 Å². The zero-order valence-electron chi connectivity index (χ0n) is 10.9. The number of carboxylic acid groups (broad SMARTS) is 1. The smallest absolute Gasteiger partial charge is 0.335 e. The van der Waals surface area contributed by atoms with Crippen molar-refractivity contribution in [2.45, 2.75) is 24.2 Å². The first-order chi connectivity index (χ1) is 9.38. The average molecular weight is 299 g/mol. The van der Waals surface area contributed by atoms with Crippen molar-refractivity contribution in [3.8, 4) is 0 Å². The number of benzene rings is 1. The molecule has 1 aliphatic rings. The lowest BCUT2D eigenvalue weighted by Crippen LogP contribution is -2.31. The zero-order valence-corrected chi connectivity index (χ0v) is 11.7. The van der Waals surface area contributed by atoms with E-state index in [4.69, 9.17) is 10.2 Å². The van der Waals surface area contributed by atoms with Gasteiger partial charge in [0.05, 0.1) is 10.5 Å². The number of rotatable bonds is 7. The summed E-state index contributed by atoms with van der Waals surface area (Å²) in [6, 6.07) is 5.24. The van der Waals surface area contributed by atoms with Gasteiger partial charge >= 0.3 is 5.97 Å². The van der Waals surface area contributed by atoms with Gasteiger partial charge in [-0.25, -0.2) is 17.9 Å². The van der Waals surface area contributed by atoms with E-state index in [0.717, 1.165) is 18.9 Å². The topological polar surface area (TPSA) is 104 Å². The van der Waals surface area contributed by atoms with Crippen LogP contribution in [-0.2, 0) is 10.0 Å². The second kappa shape index (κ2) is 5.51. The Bertz CT molecular complexity index is 607. The third-order valence-corrected chi connectivity index (χ3v) is 5.03. The molecule has 0 saturated heterocycles. The second-order valence-corrected chi connectivity index (χ2v) is 6.90. The van der Waals surface area contributed by atoms with Crippen molar-refractivity contribution < 1.29 is 23.4 Å². The summed E-state index contributed by atoms with van der Waals surface area (Å²) < 4.78 is 26.7. The maximum Gasteiger partial charge on any atom is 0.335 e. The van der Waals surface area contributed by atoms with Crippen molar-refractivity contribution in [1.29, 1.82) is 0 Å². The normalized spacial score (nSPS) is 16.9. The molecule has 3 N–H and O–H groups in total. The summed E-state index contributed by atoms with van der Waals surface area (Å²) in [4.78, 5) is 10.8. The zero-order chi connectivity index (χ0) is 14.8. The van der Waals surface area contributed by atoms with Crippen LogP contribution in [0.3, 0.4) is 0 Å². The van der Waals surface area contributed by atoms with E-state index in [2.05, 4.69) is 4.72 Å². The molecule has 0 aliphatic heterocycles. The highest BCUT2D eigenvalue weighted by molar-refractivity contribution is 7.89. The highest BCUT2D eigenvalue weighted by atomic mass is 32.2. The molecule has 0 radical (unpaired) electrons. The third kappa shape index (κ3) is 3.36. The largest absolute Gasteiger partial charge is 0.478 e. The highest BCUT2D eigenvalue weighted by Gasteiger charge is 2.42. The van der Waals surface area contributed by atoms with Crippen molar-refractivity contribution in [3.05, 3.63) is 29.8 Å². The van der Waals surface area contributed by atoms with Crippen LogP contribution in [0.2, 0.25) is 0 Å². The number of aliphatic hydroxyl groups excluding tert-OH is 1. The molecule has 0 amide bonds. The van der Waals surface area contributed by atoms with Gasteiger partial charge in [-0.3, -0.25) is 0 Å². The number of hydrogen-bond donors (Lipinski definition) is 3. The molecule has 1 aromatic carbocycles. The first-order valence-corrected chi connectivity index (χ1v) is 7.81.